The number of hydrogen-bond acceptors (Lipinski definition) is 4. The van der Waals surface area contributed by atoms with Gasteiger partial charge in [0, 0.05) is 23.5 Å². The maximum atomic E-state index is 9.68. The highest BCUT2D eigenvalue weighted by atomic mass is 32.1. The number of hydrogen-bond donors (Lipinski definition) is 2. The van der Waals surface area contributed by atoms with Crippen molar-refractivity contribution in [2.45, 2.75) is 19.5 Å². The van der Waals surface area contributed by atoms with E-state index in [0.717, 1.165) is 17.8 Å². The topological polar surface area (TPSA) is 45.2 Å². The minimum Gasteiger partial charge on any atom is -0.508 e. The van der Waals surface area contributed by atoms with E-state index in [-0.39, 0.29) is 6.04 Å². The van der Waals surface area contributed by atoms with Gasteiger partial charge < -0.3 is 10.4 Å². The van der Waals surface area contributed by atoms with Crippen LogP contribution < -0.4 is 5.32 Å². The maximum absolute atomic E-state index is 9.68. The summed E-state index contributed by atoms with van der Waals surface area (Å²) < 4.78 is 0. The van der Waals surface area contributed by atoms with Gasteiger partial charge in [-0.3, -0.25) is 0 Å². The second-order valence-corrected chi connectivity index (χ2v) is 4.36. The third-order valence-corrected chi connectivity index (χ3v) is 3.11. The summed E-state index contributed by atoms with van der Waals surface area (Å²) in [5.41, 5.74) is 3.77. The summed E-state index contributed by atoms with van der Waals surface area (Å²) in [5.74, 6) is 0.334. The number of phenols is 1. The van der Waals surface area contributed by atoms with Crippen LogP contribution in [0, 0.1) is 0 Å². The van der Waals surface area contributed by atoms with Crippen molar-refractivity contribution < 1.29 is 5.11 Å². The summed E-state index contributed by atoms with van der Waals surface area (Å²) >= 11 is 1.59. The first-order chi connectivity index (χ1) is 7.77. The Kier molecular flexibility index (Phi) is 3.54. The Balaban J connectivity index is 1.98. The normalized spacial score (nSPS) is 12.6. The van der Waals surface area contributed by atoms with Crippen LogP contribution in [0.25, 0.3) is 0 Å². The Morgan fingerprint density at radius 2 is 2.25 bits per heavy atom. The van der Waals surface area contributed by atoms with Crippen LogP contribution in [0.15, 0.2) is 35.2 Å². The molecule has 0 radical (unpaired) electrons. The highest BCUT2D eigenvalue weighted by molar-refractivity contribution is 7.07. The lowest BCUT2D eigenvalue weighted by Gasteiger charge is -2.14. The van der Waals surface area contributed by atoms with Crippen LogP contribution in [0.4, 0.5) is 0 Å². The van der Waals surface area contributed by atoms with Crippen molar-refractivity contribution in [2.24, 2.45) is 0 Å². The molecule has 0 aliphatic rings. The Bertz CT molecular complexity index is 442. The van der Waals surface area contributed by atoms with E-state index >= 15 is 0 Å². The molecule has 4 heteroatoms. The van der Waals surface area contributed by atoms with Crippen molar-refractivity contribution in [1.82, 2.24) is 10.3 Å². The van der Waals surface area contributed by atoms with Crippen LogP contribution in [0.3, 0.4) is 0 Å². The van der Waals surface area contributed by atoms with Gasteiger partial charge in [0.25, 0.3) is 0 Å². The molecule has 1 unspecified atom stereocenters. The van der Waals surface area contributed by atoms with Gasteiger partial charge in [-0.25, -0.2) is 4.98 Å². The molecule has 0 bridgehead atoms. The molecular weight excluding hydrogens is 220 g/mol. The van der Waals surface area contributed by atoms with Gasteiger partial charge >= 0.3 is 0 Å². The molecular formula is C12H14N2OS. The van der Waals surface area contributed by atoms with E-state index in [1.165, 1.54) is 0 Å². The largest absolute Gasteiger partial charge is 0.508 e. The van der Waals surface area contributed by atoms with Gasteiger partial charge in [0.1, 0.15) is 5.75 Å². The maximum Gasteiger partial charge on any atom is 0.120 e. The number of thiazole rings is 1. The lowest BCUT2D eigenvalue weighted by Crippen LogP contribution is -2.18. The van der Waals surface area contributed by atoms with E-state index in [2.05, 4.69) is 10.3 Å². The summed E-state index contributed by atoms with van der Waals surface area (Å²) in [7, 11) is 0. The molecule has 0 spiro atoms. The van der Waals surface area contributed by atoms with E-state index < -0.39 is 0 Å². The number of phenolic OH excluding ortho intramolecular Hbond substituents is 1. The molecule has 1 aromatic heterocycles. The molecule has 2 N–H and O–H groups in total. The average Bonchev–Trinajstić information content (AvgIpc) is 2.79. The molecule has 3 nitrogen and oxygen atoms in total. The molecule has 0 amide bonds. The summed E-state index contributed by atoms with van der Waals surface area (Å²) in [6.45, 7) is 2.75. The van der Waals surface area contributed by atoms with E-state index in [1.54, 1.807) is 17.4 Å². The molecule has 16 heavy (non-hydrogen) atoms. The second-order valence-electron chi connectivity index (χ2n) is 3.64. The first kappa shape index (κ1) is 11.1. The van der Waals surface area contributed by atoms with Gasteiger partial charge in [-0.15, -0.1) is 11.3 Å². The van der Waals surface area contributed by atoms with Crippen molar-refractivity contribution in [1.29, 1.82) is 0 Å². The van der Waals surface area contributed by atoms with Crippen LogP contribution in [0.2, 0.25) is 0 Å². The second kappa shape index (κ2) is 5.09. The van der Waals surface area contributed by atoms with Crippen molar-refractivity contribution in [2.75, 3.05) is 0 Å². The molecule has 0 aliphatic heterocycles. The quantitative estimate of drug-likeness (QED) is 0.855. The monoisotopic (exact) mass is 234 g/mol. The van der Waals surface area contributed by atoms with Crippen molar-refractivity contribution in [3.05, 3.63) is 46.4 Å². The number of nitrogens with zero attached hydrogens (tertiary/aromatic N) is 1. The molecule has 0 saturated carbocycles. The van der Waals surface area contributed by atoms with Crippen LogP contribution >= 0.6 is 11.3 Å². The van der Waals surface area contributed by atoms with Crippen LogP contribution in [-0.2, 0) is 6.54 Å². The zero-order valence-electron chi connectivity index (χ0n) is 9.05. The van der Waals surface area contributed by atoms with Crippen LogP contribution in [-0.4, -0.2) is 10.1 Å². The third kappa shape index (κ3) is 2.59. The Morgan fingerprint density at radius 1 is 1.44 bits per heavy atom. The van der Waals surface area contributed by atoms with Gasteiger partial charge in [0.15, 0.2) is 0 Å². The first-order valence-electron chi connectivity index (χ1n) is 5.15. The fraction of sp³-hybridized carbons (Fsp3) is 0.250. The van der Waals surface area contributed by atoms with E-state index in [0.29, 0.717) is 5.75 Å². The zero-order valence-corrected chi connectivity index (χ0v) is 9.87. The molecule has 0 saturated heterocycles. The Morgan fingerprint density at radius 3 is 2.94 bits per heavy atom. The molecule has 1 heterocycles. The Labute approximate surface area is 98.8 Å². The first-order valence-corrected chi connectivity index (χ1v) is 6.10. The number of rotatable bonds is 4. The Hall–Kier alpha value is -1.39. The van der Waals surface area contributed by atoms with Crippen molar-refractivity contribution in [3.8, 4) is 5.75 Å². The molecule has 2 aromatic rings. The fourth-order valence-electron chi connectivity index (χ4n) is 1.55. The van der Waals surface area contributed by atoms with Gasteiger partial charge in [0.05, 0.1) is 11.2 Å². The van der Waals surface area contributed by atoms with Crippen molar-refractivity contribution in [3.63, 3.8) is 0 Å². The SMILES string of the molecule is CC(NCc1cscn1)c1ccccc1O. The lowest BCUT2D eigenvalue weighted by molar-refractivity contribution is 0.452. The van der Waals surface area contributed by atoms with Crippen molar-refractivity contribution >= 4 is 11.3 Å². The summed E-state index contributed by atoms with van der Waals surface area (Å²) in [4.78, 5) is 4.20. The highest BCUT2D eigenvalue weighted by Crippen LogP contribution is 2.23. The minimum absolute atomic E-state index is 0.114. The number of nitrogens with one attached hydrogen (secondary N) is 1. The predicted octanol–water partition coefficient (Wildman–Crippen LogP) is 2.70. The van der Waals surface area contributed by atoms with Gasteiger partial charge in [-0.05, 0) is 13.0 Å². The molecule has 84 valence electrons. The van der Waals surface area contributed by atoms with E-state index in [9.17, 15) is 5.11 Å². The standard InChI is InChI=1S/C12H14N2OS/c1-9(11-4-2-3-5-12(11)15)13-6-10-7-16-8-14-10/h2-5,7-9,13,15H,6H2,1H3. The molecule has 0 fully saturated rings. The summed E-state index contributed by atoms with van der Waals surface area (Å²) in [5, 5.41) is 15.0. The smallest absolute Gasteiger partial charge is 0.120 e. The van der Waals surface area contributed by atoms with Gasteiger partial charge in [-0.2, -0.15) is 0 Å². The van der Waals surface area contributed by atoms with E-state index in [4.69, 9.17) is 0 Å². The van der Waals surface area contributed by atoms with E-state index in [1.807, 2.05) is 36.0 Å². The average molecular weight is 234 g/mol. The molecule has 1 atom stereocenters. The van der Waals surface area contributed by atoms with Crippen LogP contribution in [0.1, 0.15) is 24.2 Å². The summed E-state index contributed by atoms with van der Waals surface area (Å²) in [6.07, 6.45) is 0. The fourth-order valence-corrected chi connectivity index (χ4v) is 2.10. The van der Waals surface area contributed by atoms with Crippen LogP contribution in [0.5, 0.6) is 5.75 Å². The third-order valence-electron chi connectivity index (χ3n) is 2.48. The zero-order chi connectivity index (χ0) is 11.4. The molecule has 2 rings (SSSR count). The predicted molar refractivity (Wildman–Crippen MR) is 65.5 cm³/mol. The minimum atomic E-state index is 0.114. The molecule has 1 aromatic carbocycles. The lowest BCUT2D eigenvalue weighted by atomic mass is 10.1. The van der Waals surface area contributed by atoms with Gasteiger partial charge in [0.2, 0.25) is 0 Å². The number of benzene rings is 1. The number of aromatic hydroxyl groups is 1. The highest BCUT2D eigenvalue weighted by Gasteiger charge is 2.08. The number of para-hydroxylation sites is 1. The van der Waals surface area contributed by atoms with Gasteiger partial charge in [-0.1, -0.05) is 18.2 Å². The number of aromatic nitrogens is 1. The molecule has 0 aliphatic carbocycles. The summed E-state index contributed by atoms with van der Waals surface area (Å²) in [6, 6.07) is 7.50.